The topological polar surface area (TPSA) is 52.7 Å². The van der Waals surface area contributed by atoms with Gasteiger partial charge in [-0.15, -0.1) is 0 Å². The fraction of sp³-hybridized carbons (Fsp3) is 0.300. The standard InChI is InChI=1S/C20H22ClN3O2/c1-2-19(25)24-13-11-23(12-14-24)18-10-6-5-9-17(18)22-20(26)15-7-3-4-8-16(15)21/h3-10H,2,11-14H2,1H3,(H,22,26). The third-order valence-electron chi connectivity index (χ3n) is 4.55. The van der Waals surface area contributed by atoms with Gasteiger partial charge in [-0.3, -0.25) is 9.59 Å². The number of para-hydroxylation sites is 2. The molecule has 1 heterocycles. The average Bonchev–Trinajstić information content (AvgIpc) is 2.68. The smallest absolute Gasteiger partial charge is 0.257 e. The summed E-state index contributed by atoms with van der Waals surface area (Å²) in [6, 6.07) is 14.7. The molecule has 0 bridgehead atoms. The first-order valence-electron chi connectivity index (χ1n) is 8.77. The summed E-state index contributed by atoms with van der Waals surface area (Å²) in [7, 11) is 0. The molecule has 1 fully saturated rings. The minimum Gasteiger partial charge on any atom is -0.366 e. The van der Waals surface area contributed by atoms with Crippen LogP contribution in [-0.4, -0.2) is 42.9 Å². The molecule has 2 aromatic carbocycles. The molecule has 5 nitrogen and oxygen atoms in total. The first-order chi connectivity index (χ1) is 12.6. The van der Waals surface area contributed by atoms with E-state index < -0.39 is 0 Å². The Bertz CT molecular complexity index is 801. The number of halogens is 1. The zero-order valence-corrected chi connectivity index (χ0v) is 15.5. The Balaban J connectivity index is 1.74. The molecule has 136 valence electrons. The first-order valence-corrected chi connectivity index (χ1v) is 9.15. The summed E-state index contributed by atoms with van der Waals surface area (Å²) in [6.07, 6.45) is 0.532. The van der Waals surface area contributed by atoms with Crippen molar-refractivity contribution in [1.29, 1.82) is 0 Å². The minimum absolute atomic E-state index is 0.185. The number of nitrogens with zero attached hydrogens (tertiary/aromatic N) is 2. The number of benzene rings is 2. The second-order valence-corrected chi connectivity index (χ2v) is 6.58. The molecule has 3 rings (SSSR count). The van der Waals surface area contributed by atoms with Crippen molar-refractivity contribution >= 4 is 34.8 Å². The van der Waals surface area contributed by atoms with Crippen LogP contribution in [0.4, 0.5) is 11.4 Å². The fourth-order valence-electron chi connectivity index (χ4n) is 3.11. The second-order valence-electron chi connectivity index (χ2n) is 6.17. The van der Waals surface area contributed by atoms with E-state index in [4.69, 9.17) is 11.6 Å². The van der Waals surface area contributed by atoms with Crippen molar-refractivity contribution in [2.24, 2.45) is 0 Å². The van der Waals surface area contributed by atoms with Gasteiger partial charge in [0.05, 0.1) is 22.0 Å². The molecule has 1 aliphatic rings. The van der Waals surface area contributed by atoms with E-state index in [1.165, 1.54) is 0 Å². The molecule has 0 radical (unpaired) electrons. The quantitative estimate of drug-likeness (QED) is 0.892. The van der Waals surface area contributed by atoms with Crippen LogP contribution in [0.25, 0.3) is 0 Å². The van der Waals surface area contributed by atoms with Crippen LogP contribution in [0.1, 0.15) is 23.7 Å². The maximum absolute atomic E-state index is 12.6. The van der Waals surface area contributed by atoms with E-state index in [0.29, 0.717) is 30.1 Å². The highest BCUT2D eigenvalue weighted by Gasteiger charge is 2.22. The Morgan fingerprint density at radius 2 is 1.65 bits per heavy atom. The van der Waals surface area contributed by atoms with E-state index in [9.17, 15) is 9.59 Å². The molecule has 1 aliphatic heterocycles. The Morgan fingerprint density at radius 3 is 2.35 bits per heavy atom. The van der Waals surface area contributed by atoms with Gasteiger partial charge in [-0.25, -0.2) is 0 Å². The number of hydrogen-bond acceptors (Lipinski definition) is 3. The molecule has 26 heavy (non-hydrogen) atoms. The van der Waals surface area contributed by atoms with Crippen LogP contribution in [0.15, 0.2) is 48.5 Å². The molecular weight excluding hydrogens is 350 g/mol. The number of hydrogen-bond donors (Lipinski definition) is 1. The first kappa shape index (κ1) is 18.3. The van der Waals surface area contributed by atoms with Crippen molar-refractivity contribution < 1.29 is 9.59 Å². The van der Waals surface area contributed by atoms with Crippen LogP contribution >= 0.6 is 11.6 Å². The van der Waals surface area contributed by atoms with Gasteiger partial charge in [-0.1, -0.05) is 42.8 Å². The van der Waals surface area contributed by atoms with Crippen molar-refractivity contribution in [3.05, 3.63) is 59.1 Å². The maximum atomic E-state index is 12.6. The van der Waals surface area contributed by atoms with E-state index in [0.717, 1.165) is 24.5 Å². The summed E-state index contributed by atoms with van der Waals surface area (Å²) >= 11 is 6.12. The van der Waals surface area contributed by atoms with Crippen LogP contribution in [0.5, 0.6) is 0 Å². The number of piperazine rings is 1. The molecule has 1 N–H and O–H groups in total. The predicted octanol–water partition coefficient (Wildman–Crippen LogP) is 3.65. The molecule has 0 atom stereocenters. The summed E-state index contributed by atoms with van der Waals surface area (Å²) < 4.78 is 0. The van der Waals surface area contributed by atoms with Gasteiger partial charge in [0.2, 0.25) is 5.91 Å². The van der Waals surface area contributed by atoms with E-state index >= 15 is 0 Å². The Kier molecular flexibility index (Phi) is 5.78. The van der Waals surface area contributed by atoms with Crippen LogP contribution in [0.3, 0.4) is 0 Å². The molecule has 0 aromatic heterocycles. The molecule has 0 unspecified atom stereocenters. The third kappa shape index (κ3) is 3.99. The van der Waals surface area contributed by atoms with Crippen LogP contribution in [-0.2, 0) is 4.79 Å². The summed E-state index contributed by atoms with van der Waals surface area (Å²) in [5.74, 6) is -0.0483. The normalized spacial score (nSPS) is 14.2. The number of carbonyl (C=O) groups is 2. The second kappa shape index (κ2) is 8.23. The summed E-state index contributed by atoms with van der Waals surface area (Å²) in [5.41, 5.74) is 2.14. The Hall–Kier alpha value is -2.53. The van der Waals surface area contributed by atoms with E-state index in [-0.39, 0.29) is 11.8 Å². The van der Waals surface area contributed by atoms with Gasteiger partial charge in [-0.05, 0) is 24.3 Å². The largest absolute Gasteiger partial charge is 0.366 e. The fourth-order valence-corrected chi connectivity index (χ4v) is 3.33. The van der Waals surface area contributed by atoms with Crippen LogP contribution in [0, 0.1) is 0 Å². The lowest BCUT2D eigenvalue weighted by Gasteiger charge is -2.36. The molecule has 2 amide bonds. The van der Waals surface area contributed by atoms with Gasteiger partial charge in [0.25, 0.3) is 5.91 Å². The Morgan fingerprint density at radius 1 is 1.00 bits per heavy atom. The lowest BCUT2D eigenvalue weighted by molar-refractivity contribution is -0.131. The number of carbonyl (C=O) groups excluding carboxylic acids is 2. The minimum atomic E-state index is -0.233. The van der Waals surface area contributed by atoms with Gasteiger partial charge in [0.1, 0.15) is 0 Å². The van der Waals surface area contributed by atoms with Gasteiger partial charge in [0.15, 0.2) is 0 Å². The van der Waals surface area contributed by atoms with Crippen molar-refractivity contribution in [2.75, 3.05) is 36.4 Å². The summed E-state index contributed by atoms with van der Waals surface area (Å²) in [4.78, 5) is 28.5. The van der Waals surface area contributed by atoms with E-state index in [1.54, 1.807) is 24.3 Å². The summed E-state index contributed by atoms with van der Waals surface area (Å²) in [6.45, 7) is 4.75. The van der Waals surface area contributed by atoms with E-state index in [2.05, 4.69) is 10.2 Å². The number of nitrogens with one attached hydrogen (secondary N) is 1. The van der Waals surface area contributed by atoms with Gasteiger partial charge in [-0.2, -0.15) is 0 Å². The molecule has 1 saturated heterocycles. The predicted molar refractivity (Wildman–Crippen MR) is 105 cm³/mol. The molecule has 0 aliphatic carbocycles. The molecule has 6 heteroatoms. The number of rotatable bonds is 4. The Labute approximate surface area is 158 Å². The molecule has 0 saturated carbocycles. The van der Waals surface area contributed by atoms with Crippen molar-refractivity contribution in [3.8, 4) is 0 Å². The van der Waals surface area contributed by atoms with Crippen molar-refractivity contribution in [3.63, 3.8) is 0 Å². The highest BCUT2D eigenvalue weighted by molar-refractivity contribution is 6.34. The van der Waals surface area contributed by atoms with Crippen molar-refractivity contribution in [2.45, 2.75) is 13.3 Å². The maximum Gasteiger partial charge on any atom is 0.257 e. The molecule has 0 spiro atoms. The summed E-state index contributed by atoms with van der Waals surface area (Å²) in [5, 5.41) is 3.39. The van der Waals surface area contributed by atoms with E-state index in [1.807, 2.05) is 36.1 Å². The van der Waals surface area contributed by atoms with Crippen LogP contribution in [0.2, 0.25) is 5.02 Å². The molecular formula is C20H22ClN3O2. The number of anilines is 2. The molecule has 2 aromatic rings. The monoisotopic (exact) mass is 371 g/mol. The zero-order chi connectivity index (χ0) is 18.5. The van der Waals surface area contributed by atoms with Gasteiger partial charge < -0.3 is 15.1 Å². The lowest BCUT2D eigenvalue weighted by atomic mass is 10.1. The van der Waals surface area contributed by atoms with Gasteiger partial charge >= 0.3 is 0 Å². The SMILES string of the molecule is CCC(=O)N1CCN(c2ccccc2NC(=O)c2ccccc2Cl)CC1. The van der Waals surface area contributed by atoms with Crippen molar-refractivity contribution in [1.82, 2.24) is 4.90 Å². The lowest BCUT2D eigenvalue weighted by Crippen LogP contribution is -2.48. The van der Waals surface area contributed by atoms with Crippen LogP contribution < -0.4 is 10.2 Å². The zero-order valence-electron chi connectivity index (χ0n) is 14.7. The number of amides is 2. The average molecular weight is 372 g/mol. The third-order valence-corrected chi connectivity index (χ3v) is 4.88. The van der Waals surface area contributed by atoms with Gasteiger partial charge in [0, 0.05) is 32.6 Å². The highest BCUT2D eigenvalue weighted by atomic mass is 35.5. The highest BCUT2D eigenvalue weighted by Crippen LogP contribution is 2.28.